The molecular formula is C21H20ClN3O. The molecule has 1 amide bonds. The first-order valence-corrected chi connectivity index (χ1v) is 8.79. The van der Waals surface area contributed by atoms with Crippen LogP contribution in [0.25, 0.3) is 11.1 Å². The molecule has 0 saturated carbocycles. The number of benzene rings is 2. The minimum atomic E-state index is -0.0355. The van der Waals surface area contributed by atoms with Crippen LogP contribution in [0.1, 0.15) is 15.9 Å². The van der Waals surface area contributed by atoms with Gasteiger partial charge in [-0.05, 0) is 53.1 Å². The predicted octanol–water partition coefficient (Wildman–Crippen LogP) is 4.00. The summed E-state index contributed by atoms with van der Waals surface area (Å²) in [6.45, 7) is 1.40. The summed E-state index contributed by atoms with van der Waals surface area (Å²) in [6, 6.07) is 19.0. The molecule has 0 saturated heterocycles. The molecule has 0 aliphatic carbocycles. The highest BCUT2D eigenvalue weighted by Gasteiger charge is 2.15. The third-order valence-electron chi connectivity index (χ3n) is 4.12. The summed E-state index contributed by atoms with van der Waals surface area (Å²) >= 11 is 5.93. The molecule has 1 heterocycles. The van der Waals surface area contributed by atoms with E-state index < -0.39 is 0 Å². The van der Waals surface area contributed by atoms with Crippen molar-refractivity contribution in [2.24, 2.45) is 5.73 Å². The number of hydrogen-bond acceptors (Lipinski definition) is 3. The Morgan fingerprint density at radius 1 is 0.923 bits per heavy atom. The molecule has 0 bridgehead atoms. The summed E-state index contributed by atoms with van der Waals surface area (Å²) in [5.74, 6) is -0.0355. The summed E-state index contributed by atoms with van der Waals surface area (Å²) < 4.78 is 0. The fraction of sp³-hybridized carbons (Fsp3) is 0.143. The van der Waals surface area contributed by atoms with E-state index in [1.807, 2.05) is 60.7 Å². The summed E-state index contributed by atoms with van der Waals surface area (Å²) in [7, 11) is 0. The Hall–Kier alpha value is -2.69. The maximum Gasteiger partial charge on any atom is 0.254 e. The largest absolute Gasteiger partial charge is 0.333 e. The molecule has 3 rings (SSSR count). The number of nitrogens with zero attached hydrogens (tertiary/aromatic N) is 2. The van der Waals surface area contributed by atoms with Gasteiger partial charge in [-0.2, -0.15) is 0 Å². The van der Waals surface area contributed by atoms with E-state index in [1.165, 1.54) is 0 Å². The van der Waals surface area contributed by atoms with Crippen molar-refractivity contribution in [2.45, 2.75) is 6.54 Å². The topological polar surface area (TPSA) is 59.2 Å². The Morgan fingerprint density at radius 3 is 2.15 bits per heavy atom. The lowest BCUT2D eigenvalue weighted by Crippen LogP contribution is -2.34. The van der Waals surface area contributed by atoms with Gasteiger partial charge in [0.2, 0.25) is 0 Å². The van der Waals surface area contributed by atoms with Crippen LogP contribution >= 0.6 is 11.6 Å². The van der Waals surface area contributed by atoms with Crippen molar-refractivity contribution in [3.8, 4) is 11.1 Å². The molecule has 0 aliphatic heterocycles. The highest BCUT2D eigenvalue weighted by atomic mass is 35.5. The lowest BCUT2D eigenvalue weighted by atomic mass is 10.0. The van der Waals surface area contributed by atoms with Crippen molar-refractivity contribution in [1.82, 2.24) is 9.88 Å². The van der Waals surface area contributed by atoms with Crippen LogP contribution in [0.3, 0.4) is 0 Å². The van der Waals surface area contributed by atoms with Crippen LogP contribution in [0.15, 0.2) is 73.1 Å². The van der Waals surface area contributed by atoms with Gasteiger partial charge in [-0.1, -0.05) is 35.9 Å². The lowest BCUT2D eigenvalue weighted by Gasteiger charge is -2.22. The number of amides is 1. The minimum Gasteiger partial charge on any atom is -0.333 e. The van der Waals surface area contributed by atoms with Gasteiger partial charge in [0.05, 0.1) is 0 Å². The van der Waals surface area contributed by atoms with E-state index in [-0.39, 0.29) is 5.91 Å². The molecule has 0 radical (unpaired) electrons. The van der Waals surface area contributed by atoms with Crippen LogP contribution in [0.4, 0.5) is 0 Å². The average Bonchev–Trinajstić information content (AvgIpc) is 2.69. The van der Waals surface area contributed by atoms with Crippen molar-refractivity contribution in [3.63, 3.8) is 0 Å². The molecule has 0 fully saturated rings. The maximum atomic E-state index is 12.9. The summed E-state index contributed by atoms with van der Waals surface area (Å²) in [6.07, 6.45) is 3.51. The van der Waals surface area contributed by atoms with Crippen LogP contribution in [-0.4, -0.2) is 28.9 Å². The number of pyridine rings is 1. The van der Waals surface area contributed by atoms with Gasteiger partial charge in [-0.25, -0.2) is 0 Å². The third-order valence-corrected chi connectivity index (χ3v) is 4.37. The smallest absolute Gasteiger partial charge is 0.254 e. The van der Waals surface area contributed by atoms with Gasteiger partial charge in [0.15, 0.2) is 0 Å². The van der Waals surface area contributed by atoms with Crippen LogP contribution in [-0.2, 0) is 6.54 Å². The van der Waals surface area contributed by atoms with E-state index in [0.717, 1.165) is 16.7 Å². The van der Waals surface area contributed by atoms with Gasteiger partial charge in [0.1, 0.15) is 0 Å². The Kier molecular flexibility index (Phi) is 6.00. The molecule has 0 unspecified atom stereocenters. The first kappa shape index (κ1) is 18.1. The molecule has 5 heteroatoms. The monoisotopic (exact) mass is 365 g/mol. The highest BCUT2D eigenvalue weighted by molar-refractivity contribution is 6.30. The Morgan fingerprint density at radius 2 is 1.54 bits per heavy atom. The molecule has 2 aromatic carbocycles. The number of nitrogens with two attached hydrogens (primary N) is 1. The van der Waals surface area contributed by atoms with Gasteiger partial charge < -0.3 is 10.6 Å². The zero-order valence-corrected chi connectivity index (χ0v) is 15.1. The number of rotatable bonds is 6. The van der Waals surface area contributed by atoms with Crippen LogP contribution in [0, 0.1) is 0 Å². The molecule has 4 nitrogen and oxygen atoms in total. The lowest BCUT2D eigenvalue weighted by molar-refractivity contribution is 0.0748. The zero-order valence-electron chi connectivity index (χ0n) is 14.3. The number of carbonyl (C=O) groups excluding carboxylic acids is 1. The Balaban J connectivity index is 1.77. The summed E-state index contributed by atoms with van der Waals surface area (Å²) in [5, 5.41) is 0.678. The molecule has 1 aromatic heterocycles. The second-order valence-corrected chi connectivity index (χ2v) is 6.39. The van der Waals surface area contributed by atoms with Crippen molar-refractivity contribution < 1.29 is 4.79 Å². The van der Waals surface area contributed by atoms with Gasteiger partial charge >= 0.3 is 0 Å². The van der Waals surface area contributed by atoms with E-state index in [4.69, 9.17) is 17.3 Å². The first-order chi connectivity index (χ1) is 12.7. The molecule has 0 atom stereocenters. The minimum absolute atomic E-state index is 0.0355. The van der Waals surface area contributed by atoms with Crippen LogP contribution < -0.4 is 5.73 Å². The van der Waals surface area contributed by atoms with Crippen LogP contribution in [0.2, 0.25) is 5.02 Å². The fourth-order valence-electron chi connectivity index (χ4n) is 2.75. The van der Waals surface area contributed by atoms with Crippen molar-refractivity contribution in [3.05, 3.63) is 89.2 Å². The van der Waals surface area contributed by atoms with E-state index in [9.17, 15) is 4.79 Å². The van der Waals surface area contributed by atoms with Crippen LogP contribution in [0.5, 0.6) is 0 Å². The number of hydrogen-bond donors (Lipinski definition) is 1. The van der Waals surface area contributed by atoms with E-state index in [1.54, 1.807) is 17.3 Å². The first-order valence-electron chi connectivity index (χ1n) is 8.41. The second-order valence-electron chi connectivity index (χ2n) is 5.96. The fourth-order valence-corrected chi connectivity index (χ4v) is 2.88. The van der Waals surface area contributed by atoms with E-state index in [0.29, 0.717) is 30.2 Å². The van der Waals surface area contributed by atoms with Crippen molar-refractivity contribution >= 4 is 17.5 Å². The van der Waals surface area contributed by atoms with Crippen molar-refractivity contribution in [1.29, 1.82) is 0 Å². The quantitative estimate of drug-likeness (QED) is 0.718. The predicted molar refractivity (Wildman–Crippen MR) is 105 cm³/mol. The SMILES string of the molecule is NCCN(Cc1ccc(Cl)cc1)C(=O)c1ccc(-c2ccncc2)cc1. The Bertz CT molecular complexity index is 849. The zero-order chi connectivity index (χ0) is 18.4. The van der Waals surface area contributed by atoms with Gasteiger partial charge in [-0.3, -0.25) is 9.78 Å². The standard InChI is InChI=1S/C21H20ClN3O/c22-20-7-1-16(2-8-20)15-25(14-11-23)21(26)19-5-3-17(4-6-19)18-9-12-24-13-10-18/h1-10,12-13H,11,14-15,23H2. The van der Waals surface area contributed by atoms with E-state index >= 15 is 0 Å². The average molecular weight is 366 g/mol. The molecule has 0 aliphatic rings. The molecule has 132 valence electrons. The molecule has 26 heavy (non-hydrogen) atoms. The highest BCUT2D eigenvalue weighted by Crippen LogP contribution is 2.20. The number of aromatic nitrogens is 1. The molecule has 2 N–H and O–H groups in total. The number of halogens is 1. The summed E-state index contributed by atoms with van der Waals surface area (Å²) in [4.78, 5) is 18.7. The second kappa shape index (κ2) is 8.61. The van der Waals surface area contributed by atoms with Crippen molar-refractivity contribution in [2.75, 3.05) is 13.1 Å². The number of carbonyl (C=O) groups is 1. The molecule has 0 spiro atoms. The molecular weight excluding hydrogens is 346 g/mol. The summed E-state index contributed by atoms with van der Waals surface area (Å²) in [5.41, 5.74) is 9.48. The van der Waals surface area contributed by atoms with Gasteiger partial charge in [0.25, 0.3) is 5.91 Å². The molecule has 3 aromatic rings. The van der Waals surface area contributed by atoms with Gasteiger partial charge in [-0.15, -0.1) is 0 Å². The Labute approximate surface area is 158 Å². The maximum absolute atomic E-state index is 12.9. The van der Waals surface area contributed by atoms with Gasteiger partial charge in [0, 0.05) is 42.6 Å². The third kappa shape index (κ3) is 4.48. The van der Waals surface area contributed by atoms with E-state index in [2.05, 4.69) is 4.98 Å². The normalized spacial score (nSPS) is 10.5.